The average molecular weight is 267 g/mol. The van der Waals surface area contributed by atoms with Crippen LogP contribution >= 0.6 is 11.8 Å². The van der Waals surface area contributed by atoms with Gasteiger partial charge in [-0.2, -0.15) is 5.10 Å². The molecule has 0 amide bonds. The van der Waals surface area contributed by atoms with Crippen molar-refractivity contribution in [2.75, 3.05) is 5.75 Å². The summed E-state index contributed by atoms with van der Waals surface area (Å²) in [6.07, 6.45) is 0. The number of thioether (sulfide) groups is 1. The van der Waals surface area contributed by atoms with E-state index in [1.54, 1.807) is 19.2 Å². The molecular weight excluding hydrogens is 257 g/mol. The SMILES string of the molecule is Cn1nc(-c2cccc(F)c2)nc1SCC(=O)O. The Morgan fingerprint density at radius 1 is 1.56 bits per heavy atom. The predicted molar refractivity (Wildman–Crippen MR) is 64.8 cm³/mol. The molecule has 0 spiro atoms. The highest BCUT2D eigenvalue weighted by Gasteiger charge is 2.11. The third-order valence-electron chi connectivity index (χ3n) is 2.13. The van der Waals surface area contributed by atoms with Gasteiger partial charge < -0.3 is 5.11 Å². The first kappa shape index (κ1) is 12.6. The fourth-order valence-corrected chi connectivity index (χ4v) is 2.00. The molecule has 1 heterocycles. The van der Waals surface area contributed by atoms with Crippen LogP contribution < -0.4 is 0 Å². The lowest BCUT2D eigenvalue weighted by atomic mass is 10.2. The summed E-state index contributed by atoms with van der Waals surface area (Å²) in [5.41, 5.74) is 0.563. The Morgan fingerprint density at radius 3 is 3.00 bits per heavy atom. The van der Waals surface area contributed by atoms with Gasteiger partial charge in [-0.1, -0.05) is 23.9 Å². The number of carboxylic acids is 1. The maximum absolute atomic E-state index is 13.1. The van der Waals surface area contributed by atoms with Gasteiger partial charge in [0.2, 0.25) is 0 Å². The van der Waals surface area contributed by atoms with E-state index < -0.39 is 5.97 Å². The van der Waals surface area contributed by atoms with Crippen molar-refractivity contribution in [3.63, 3.8) is 0 Å². The van der Waals surface area contributed by atoms with Crippen molar-refractivity contribution in [2.45, 2.75) is 5.16 Å². The minimum atomic E-state index is -0.921. The number of rotatable bonds is 4. The minimum absolute atomic E-state index is 0.0882. The van der Waals surface area contributed by atoms with Gasteiger partial charge in [-0.05, 0) is 12.1 Å². The number of hydrogen-bond acceptors (Lipinski definition) is 4. The van der Waals surface area contributed by atoms with Crippen LogP contribution in [0.3, 0.4) is 0 Å². The minimum Gasteiger partial charge on any atom is -0.481 e. The Morgan fingerprint density at radius 2 is 2.33 bits per heavy atom. The summed E-state index contributed by atoms with van der Waals surface area (Å²) in [6, 6.07) is 5.95. The van der Waals surface area contributed by atoms with Gasteiger partial charge in [-0.3, -0.25) is 4.79 Å². The van der Waals surface area contributed by atoms with E-state index in [1.807, 2.05) is 0 Å². The number of benzene rings is 1. The molecule has 0 saturated heterocycles. The molecule has 0 fully saturated rings. The smallest absolute Gasteiger partial charge is 0.313 e. The molecule has 1 N–H and O–H groups in total. The van der Waals surface area contributed by atoms with Crippen molar-refractivity contribution < 1.29 is 14.3 Å². The highest BCUT2D eigenvalue weighted by atomic mass is 32.2. The van der Waals surface area contributed by atoms with Gasteiger partial charge in [0.1, 0.15) is 5.82 Å². The number of nitrogens with zero attached hydrogens (tertiary/aromatic N) is 3. The molecule has 0 unspecified atom stereocenters. The van der Waals surface area contributed by atoms with Crippen LogP contribution in [0.5, 0.6) is 0 Å². The van der Waals surface area contributed by atoms with Crippen molar-refractivity contribution in [3.05, 3.63) is 30.1 Å². The quantitative estimate of drug-likeness (QED) is 0.855. The van der Waals surface area contributed by atoms with E-state index in [9.17, 15) is 9.18 Å². The van der Waals surface area contributed by atoms with Crippen LogP contribution in [0.15, 0.2) is 29.4 Å². The van der Waals surface area contributed by atoms with Crippen molar-refractivity contribution in [3.8, 4) is 11.4 Å². The molecule has 18 heavy (non-hydrogen) atoms. The van der Waals surface area contributed by atoms with Gasteiger partial charge in [0, 0.05) is 12.6 Å². The molecule has 0 bridgehead atoms. The van der Waals surface area contributed by atoms with Crippen molar-refractivity contribution >= 4 is 17.7 Å². The molecule has 0 aliphatic rings. The monoisotopic (exact) mass is 267 g/mol. The Hall–Kier alpha value is -1.89. The van der Waals surface area contributed by atoms with Gasteiger partial charge >= 0.3 is 5.97 Å². The maximum atomic E-state index is 13.1. The molecule has 2 aromatic rings. The largest absolute Gasteiger partial charge is 0.481 e. The lowest BCUT2D eigenvalue weighted by molar-refractivity contribution is -0.133. The summed E-state index contributed by atoms with van der Waals surface area (Å²) in [4.78, 5) is 14.7. The summed E-state index contributed by atoms with van der Waals surface area (Å²) in [5, 5.41) is 13.2. The molecule has 0 saturated carbocycles. The Bertz CT molecular complexity index is 585. The molecule has 0 aliphatic carbocycles. The van der Waals surface area contributed by atoms with Crippen molar-refractivity contribution in [1.29, 1.82) is 0 Å². The van der Waals surface area contributed by atoms with Crippen LogP contribution in [-0.2, 0) is 11.8 Å². The number of hydrogen-bond donors (Lipinski definition) is 1. The van der Waals surface area contributed by atoms with E-state index in [4.69, 9.17) is 5.11 Å². The second-order valence-corrected chi connectivity index (χ2v) is 4.48. The Labute approximate surface area is 107 Å². The lowest BCUT2D eigenvalue weighted by Crippen LogP contribution is -2.00. The molecule has 7 heteroatoms. The molecule has 0 radical (unpaired) electrons. The fraction of sp³-hybridized carbons (Fsp3) is 0.182. The third kappa shape index (κ3) is 2.86. The predicted octanol–water partition coefficient (Wildman–Crippen LogP) is 1.80. The van der Waals surface area contributed by atoms with E-state index in [0.717, 1.165) is 11.8 Å². The van der Waals surface area contributed by atoms with E-state index in [-0.39, 0.29) is 11.6 Å². The van der Waals surface area contributed by atoms with E-state index in [0.29, 0.717) is 16.5 Å². The fourth-order valence-electron chi connectivity index (χ4n) is 1.37. The average Bonchev–Trinajstić information content (AvgIpc) is 2.68. The van der Waals surface area contributed by atoms with Gasteiger partial charge in [-0.15, -0.1) is 0 Å². The van der Waals surface area contributed by atoms with Crippen LogP contribution in [0.4, 0.5) is 4.39 Å². The highest BCUT2D eigenvalue weighted by molar-refractivity contribution is 7.99. The second kappa shape index (κ2) is 5.18. The summed E-state index contributed by atoms with van der Waals surface area (Å²) < 4.78 is 14.5. The van der Waals surface area contributed by atoms with Gasteiger partial charge in [-0.25, -0.2) is 14.1 Å². The van der Waals surface area contributed by atoms with Gasteiger partial charge in [0.15, 0.2) is 11.0 Å². The van der Waals surface area contributed by atoms with E-state index >= 15 is 0 Å². The van der Waals surface area contributed by atoms with Crippen molar-refractivity contribution in [2.24, 2.45) is 7.05 Å². The van der Waals surface area contributed by atoms with Crippen LogP contribution in [0, 0.1) is 5.82 Å². The summed E-state index contributed by atoms with van der Waals surface area (Å²) in [6.45, 7) is 0. The molecule has 0 aliphatic heterocycles. The maximum Gasteiger partial charge on any atom is 0.313 e. The Balaban J connectivity index is 2.25. The molecular formula is C11H10FN3O2S. The molecule has 2 rings (SSSR count). The first-order chi connectivity index (χ1) is 8.56. The normalized spacial score (nSPS) is 10.6. The molecule has 0 atom stereocenters. The van der Waals surface area contributed by atoms with E-state index in [1.165, 1.54) is 16.8 Å². The number of aryl methyl sites for hydroxylation is 1. The van der Waals surface area contributed by atoms with Crippen molar-refractivity contribution in [1.82, 2.24) is 14.8 Å². The van der Waals surface area contributed by atoms with E-state index in [2.05, 4.69) is 10.1 Å². The van der Waals surface area contributed by atoms with Crippen LogP contribution in [0.2, 0.25) is 0 Å². The first-order valence-corrected chi connectivity index (χ1v) is 6.06. The topological polar surface area (TPSA) is 68.0 Å². The third-order valence-corrected chi connectivity index (χ3v) is 3.14. The summed E-state index contributed by atoms with van der Waals surface area (Å²) in [5.74, 6) is -0.991. The zero-order valence-corrected chi connectivity index (χ0v) is 10.3. The lowest BCUT2D eigenvalue weighted by Gasteiger charge is -1.94. The Kier molecular flexibility index (Phi) is 3.61. The van der Waals surface area contributed by atoms with Crippen LogP contribution in [-0.4, -0.2) is 31.6 Å². The molecule has 94 valence electrons. The standard InChI is InChI=1S/C11H10FN3O2S/c1-15-11(18-6-9(16)17)13-10(14-15)7-3-2-4-8(12)5-7/h2-5H,6H2,1H3,(H,16,17). The first-order valence-electron chi connectivity index (χ1n) is 5.08. The van der Waals surface area contributed by atoms with Gasteiger partial charge in [0.25, 0.3) is 0 Å². The second-order valence-electron chi connectivity index (χ2n) is 3.53. The number of carboxylic acid groups (broad SMARTS) is 1. The van der Waals surface area contributed by atoms with Gasteiger partial charge in [0.05, 0.1) is 5.75 Å². The van der Waals surface area contributed by atoms with Crippen LogP contribution in [0.25, 0.3) is 11.4 Å². The summed E-state index contributed by atoms with van der Waals surface area (Å²) in [7, 11) is 1.67. The summed E-state index contributed by atoms with van der Waals surface area (Å²) >= 11 is 1.07. The number of aromatic nitrogens is 3. The highest BCUT2D eigenvalue weighted by Crippen LogP contribution is 2.21. The molecule has 1 aromatic carbocycles. The molecule has 5 nitrogen and oxygen atoms in total. The molecule has 1 aromatic heterocycles. The zero-order chi connectivity index (χ0) is 13.1. The number of carbonyl (C=O) groups is 1. The zero-order valence-electron chi connectivity index (χ0n) is 9.50. The van der Waals surface area contributed by atoms with Crippen LogP contribution in [0.1, 0.15) is 0 Å². The number of halogens is 1. The number of aliphatic carboxylic acids is 1.